The summed E-state index contributed by atoms with van der Waals surface area (Å²) in [6.07, 6.45) is 2.27. The first kappa shape index (κ1) is 13.7. The Morgan fingerprint density at radius 1 is 1.44 bits per heavy atom. The fraction of sp³-hybridized carbons (Fsp3) is 0.923. The van der Waals surface area contributed by atoms with Crippen LogP contribution in [0.3, 0.4) is 0 Å². The zero-order chi connectivity index (χ0) is 13.3. The van der Waals surface area contributed by atoms with Gasteiger partial charge in [-0.3, -0.25) is 9.69 Å². The fourth-order valence-electron chi connectivity index (χ4n) is 3.41. The van der Waals surface area contributed by atoms with E-state index < -0.39 is 17.9 Å². The molecular formula is C13H21F2NO2. The van der Waals surface area contributed by atoms with Gasteiger partial charge in [-0.05, 0) is 37.6 Å². The van der Waals surface area contributed by atoms with Gasteiger partial charge in [-0.1, -0.05) is 6.92 Å². The van der Waals surface area contributed by atoms with Gasteiger partial charge >= 0.3 is 5.97 Å². The van der Waals surface area contributed by atoms with E-state index >= 15 is 0 Å². The molecule has 1 saturated carbocycles. The molecular weight excluding hydrogens is 240 g/mol. The van der Waals surface area contributed by atoms with Gasteiger partial charge in [0.25, 0.3) is 0 Å². The lowest BCUT2D eigenvalue weighted by Crippen LogP contribution is -2.50. The van der Waals surface area contributed by atoms with Crippen molar-refractivity contribution in [2.45, 2.75) is 51.0 Å². The van der Waals surface area contributed by atoms with Crippen LogP contribution in [0.15, 0.2) is 0 Å². The van der Waals surface area contributed by atoms with Gasteiger partial charge in [0.2, 0.25) is 5.92 Å². The van der Waals surface area contributed by atoms with Crippen molar-refractivity contribution in [1.82, 2.24) is 4.90 Å². The third-order valence-electron chi connectivity index (χ3n) is 4.29. The van der Waals surface area contributed by atoms with Crippen LogP contribution in [0.4, 0.5) is 8.78 Å². The highest BCUT2D eigenvalue weighted by atomic mass is 19.3. The van der Waals surface area contributed by atoms with Gasteiger partial charge in [0.15, 0.2) is 0 Å². The molecule has 5 heteroatoms. The first-order valence-electron chi connectivity index (χ1n) is 6.74. The number of alkyl halides is 2. The molecule has 0 aromatic rings. The summed E-state index contributed by atoms with van der Waals surface area (Å²) in [4.78, 5) is 13.2. The Morgan fingerprint density at radius 2 is 2.17 bits per heavy atom. The van der Waals surface area contributed by atoms with Crippen LogP contribution < -0.4 is 0 Å². The van der Waals surface area contributed by atoms with E-state index in [0.29, 0.717) is 13.0 Å². The maximum atomic E-state index is 13.1. The molecule has 0 amide bonds. The van der Waals surface area contributed by atoms with Gasteiger partial charge in [-0.15, -0.1) is 0 Å². The van der Waals surface area contributed by atoms with Crippen LogP contribution in [0.2, 0.25) is 0 Å². The predicted molar refractivity (Wildman–Crippen MR) is 63.7 cm³/mol. The Morgan fingerprint density at radius 3 is 2.72 bits per heavy atom. The van der Waals surface area contributed by atoms with Gasteiger partial charge in [0.05, 0.1) is 0 Å². The molecule has 1 heterocycles. The molecule has 0 aromatic carbocycles. The number of carbonyl (C=O) groups is 1. The molecule has 1 N–H and O–H groups in total. The second-order valence-electron chi connectivity index (χ2n) is 5.86. The van der Waals surface area contributed by atoms with Crippen LogP contribution in [-0.4, -0.2) is 41.0 Å². The van der Waals surface area contributed by atoms with Crippen LogP contribution in [-0.2, 0) is 4.79 Å². The maximum Gasteiger partial charge on any atom is 0.321 e. The third-order valence-corrected chi connectivity index (χ3v) is 4.29. The molecule has 1 saturated heterocycles. The summed E-state index contributed by atoms with van der Waals surface area (Å²) in [7, 11) is 0. The zero-order valence-corrected chi connectivity index (χ0v) is 10.7. The lowest BCUT2D eigenvalue weighted by molar-refractivity contribution is -0.147. The number of aliphatic carboxylic acids is 1. The Balaban J connectivity index is 1.96. The minimum absolute atomic E-state index is 0.0429. The molecule has 2 rings (SSSR count). The second kappa shape index (κ2) is 5.11. The molecule has 18 heavy (non-hydrogen) atoms. The molecule has 3 nitrogen and oxygen atoms in total. The molecule has 1 aliphatic carbocycles. The summed E-state index contributed by atoms with van der Waals surface area (Å²) < 4.78 is 26.3. The summed E-state index contributed by atoms with van der Waals surface area (Å²) in [6, 6.07) is -0.493. The van der Waals surface area contributed by atoms with E-state index in [0.717, 1.165) is 19.4 Å². The number of hydrogen-bond donors (Lipinski definition) is 1. The van der Waals surface area contributed by atoms with Gasteiger partial charge in [-0.2, -0.15) is 0 Å². The van der Waals surface area contributed by atoms with E-state index in [1.54, 1.807) is 0 Å². The highest BCUT2D eigenvalue weighted by Crippen LogP contribution is 2.40. The smallest absolute Gasteiger partial charge is 0.321 e. The molecule has 2 fully saturated rings. The number of nitrogens with zero attached hydrogens (tertiary/aromatic N) is 1. The third kappa shape index (κ3) is 2.99. The maximum absolute atomic E-state index is 13.1. The van der Waals surface area contributed by atoms with Crippen molar-refractivity contribution in [3.8, 4) is 0 Å². The number of hydrogen-bond acceptors (Lipinski definition) is 2. The van der Waals surface area contributed by atoms with E-state index in [1.807, 2.05) is 11.8 Å². The van der Waals surface area contributed by atoms with E-state index in [2.05, 4.69) is 0 Å². The Labute approximate surface area is 106 Å². The van der Waals surface area contributed by atoms with Crippen molar-refractivity contribution in [2.75, 3.05) is 13.1 Å². The van der Waals surface area contributed by atoms with Gasteiger partial charge < -0.3 is 5.11 Å². The standard InChI is InChI=1S/C13H21F2NO2/c1-9-3-2-6-16(11(9)12(17)18)8-10-4-5-13(14,15)7-10/h9-11H,2-8H2,1H3,(H,17,18). The average Bonchev–Trinajstić information content (AvgIpc) is 2.57. The SMILES string of the molecule is CC1CCCN(CC2CCC(F)(F)C2)C1C(=O)O. The van der Waals surface area contributed by atoms with Gasteiger partial charge in [0.1, 0.15) is 6.04 Å². The number of rotatable bonds is 3. The lowest BCUT2D eigenvalue weighted by Gasteiger charge is -2.38. The molecule has 3 atom stereocenters. The molecule has 1 aliphatic heterocycles. The highest BCUT2D eigenvalue weighted by Gasteiger charge is 2.42. The molecule has 104 valence electrons. The predicted octanol–water partition coefficient (Wildman–Crippen LogP) is 2.61. The average molecular weight is 261 g/mol. The van der Waals surface area contributed by atoms with Crippen LogP contribution >= 0.6 is 0 Å². The minimum Gasteiger partial charge on any atom is -0.480 e. The number of halogens is 2. The minimum atomic E-state index is -2.54. The van der Waals surface area contributed by atoms with Crippen LogP contribution in [0.25, 0.3) is 0 Å². The number of piperidine rings is 1. The van der Waals surface area contributed by atoms with Gasteiger partial charge in [-0.25, -0.2) is 8.78 Å². The van der Waals surface area contributed by atoms with E-state index in [-0.39, 0.29) is 24.7 Å². The molecule has 0 bridgehead atoms. The summed E-state index contributed by atoms with van der Waals surface area (Å²) >= 11 is 0. The number of carboxylic acids is 1. The normalized spacial score (nSPS) is 36.7. The van der Waals surface area contributed by atoms with Crippen molar-refractivity contribution >= 4 is 5.97 Å². The Bertz CT molecular complexity index is 322. The second-order valence-corrected chi connectivity index (χ2v) is 5.86. The quantitative estimate of drug-likeness (QED) is 0.849. The molecule has 0 spiro atoms. The largest absolute Gasteiger partial charge is 0.480 e. The van der Waals surface area contributed by atoms with Crippen LogP contribution in [0.1, 0.15) is 39.0 Å². The molecule has 0 radical (unpaired) electrons. The zero-order valence-electron chi connectivity index (χ0n) is 10.7. The van der Waals surface area contributed by atoms with Crippen molar-refractivity contribution in [3.05, 3.63) is 0 Å². The summed E-state index contributed by atoms with van der Waals surface area (Å²) in [6.45, 7) is 3.18. The van der Waals surface area contributed by atoms with Crippen molar-refractivity contribution < 1.29 is 18.7 Å². The first-order valence-corrected chi connectivity index (χ1v) is 6.74. The van der Waals surface area contributed by atoms with Crippen LogP contribution in [0.5, 0.6) is 0 Å². The van der Waals surface area contributed by atoms with Crippen molar-refractivity contribution in [2.24, 2.45) is 11.8 Å². The van der Waals surface area contributed by atoms with Crippen molar-refractivity contribution in [3.63, 3.8) is 0 Å². The summed E-state index contributed by atoms with van der Waals surface area (Å²) in [5.74, 6) is -3.29. The monoisotopic (exact) mass is 261 g/mol. The van der Waals surface area contributed by atoms with Gasteiger partial charge in [0, 0.05) is 19.4 Å². The summed E-state index contributed by atoms with van der Waals surface area (Å²) in [5.41, 5.74) is 0. The number of carboxylic acid groups (broad SMARTS) is 1. The lowest BCUT2D eigenvalue weighted by atomic mass is 9.89. The molecule has 3 unspecified atom stereocenters. The van der Waals surface area contributed by atoms with E-state index in [4.69, 9.17) is 0 Å². The highest BCUT2D eigenvalue weighted by molar-refractivity contribution is 5.74. The number of likely N-dealkylation sites (tertiary alicyclic amines) is 1. The Hall–Kier alpha value is -0.710. The topological polar surface area (TPSA) is 40.5 Å². The van der Waals surface area contributed by atoms with Crippen molar-refractivity contribution in [1.29, 1.82) is 0 Å². The van der Waals surface area contributed by atoms with Crippen LogP contribution in [0, 0.1) is 11.8 Å². The summed E-state index contributed by atoms with van der Waals surface area (Å²) in [5, 5.41) is 9.27. The molecule has 0 aromatic heterocycles. The molecule has 2 aliphatic rings. The van der Waals surface area contributed by atoms with E-state index in [1.165, 1.54) is 0 Å². The van der Waals surface area contributed by atoms with E-state index in [9.17, 15) is 18.7 Å². The fourth-order valence-corrected chi connectivity index (χ4v) is 3.41. The Kier molecular flexibility index (Phi) is 3.90. The first-order chi connectivity index (χ1) is 8.39.